The standard InChI is InChI=1S/3C12H25.3C4H9.2Al/c3*1-3-5-7-9-11-12-10-8-6-4-2;3*1-4(2)3;;/h3*1,3-12H2,2H3;3*4H,1H2,2-3H3;;. The Kier molecular flexibility index (Phi) is 47.3. The van der Waals surface area contributed by atoms with Gasteiger partial charge in [0.1, 0.15) is 0 Å². The molecule has 0 unspecified atom stereocenters. The second-order valence-corrected chi connectivity index (χ2v) is 25.1. The SMILES string of the molecule is CC(C)[CH2][Al]([CH2]C(C)C)[CH2]C(C)C.CCCCCCCCCCC[CH2][Al]([CH2]CCCCCCCCCCC)[CH2]CCCCCCCCCCC. The molecule has 0 radical (unpaired) electrons. The van der Waals surface area contributed by atoms with Crippen LogP contribution < -0.4 is 0 Å². The molecule has 300 valence electrons. The van der Waals surface area contributed by atoms with Crippen molar-refractivity contribution in [1.29, 1.82) is 0 Å². The molecule has 0 aliphatic carbocycles. The zero-order valence-corrected chi connectivity index (χ0v) is 39.7. The minimum atomic E-state index is -0.468. The lowest BCUT2D eigenvalue weighted by atomic mass is 10.1. The highest BCUT2D eigenvalue weighted by Crippen LogP contribution is 2.23. The lowest BCUT2D eigenvalue weighted by molar-refractivity contribution is 0.557. The minimum Gasteiger partial charge on any atom is -0.0939 e. The van der Waals surface area contributed by atoms with Crippen LogP contribution in [0.3, 0.4) is 0 Å². The van der Waals surface area contributed by atoms with Gasteiger partial charge >= 0.3 is 0 Å². The predicted octanol–water partition coefficient (Wildman–Crippen LogP) is 18.7. The van der Waals surface area contributed by atoms with Crippen molar-refractivity contribution in [2.75, 3.05) is 0 Å². The number of rotatable bonds is 39. The quantitative estimate of drug-likeness (QED) is 0.0436. The minimum absolute atomic E-state index is 0.407. The summed E-state index contributed by atoms with van der Waals surface area (Å²) in [5.74, 6) is 2.78. The van der Waals surface area contributed by atoms with Crippen molar-refractivity contribution < 1.29 is 0 Å². The van der Waals surface area contributed by atoms with Gasteiger partial charge in [0.15, 0.2) is 0 Å². The molecule has 0 fully saturated rings. The number of hydrogen-bond acceptors (Lipinski definition) is 0. The molecule has 50 heavy (non-hydrogen) atoms. The van der Waals surface area contributed by atoms with Crippen molar-refractivity contribution in [1.82, 2.24) is 0 Å². The summed E-state index contributed by atoms with van der Waals surface area (Å²) in [7, 11) is 0. The number of hydrogen-bond donors (Lipinski definition) is 0. The van der Waals surface area contributed by atoms with Crippen LogP contribution in [-0.2, 0) is 0 Å². The molecule has 0 aromatic rings. The molecule has 0 saturated carbocycles. The summed E-state index contributed by atoms with van der Waals surface area (Å²) < 4.78 is 0. The molecule has 0 saturated heterocycles. The van der Waals surface area contributed by atoms with Crippen molar-refractivity contribution in [3.8, 4) is 0 Å². The smallest absolute Gasteiger partial charge is 0.0939 e. The highest BCUT2D eigenvalue weighted by atomic mass is 27.2. The maximum absolute atomic E-state index is 2.38. The Bertz CT molecular complexity index is 504. The highest BCUT2D eigenvalue weighted by Gasteiger charge is 2.20. The summed E-state index contributed by atoms with van der Waals surface area (Å²) in [5.41, 5.74) is 0. The van der Waals surface area contributed by atoms with Gasteiger partial charge in [0.05, 0.1) is 0 Å². The van der Waals surface area contributed by atoms with E-state index in [0.717, 1.165) is 17.8 Å². The van der Waals surface area contributed by atoms with Gasteiger partial charge in [0, 0.05) is 0 Å². The van der Waals surface area contributed by atoms with Gasteiger partial charge < -0.3 is 0 Å². The molecule has 0 atom stereocenters. The van der Waals surface area contributed by atoms with E-state index in [4.69, 9.17) is 0 Å². The highest BCUT2D eigenvalue weighted by molar-refractivity contribution is 6.59. The van der Waals surface area contributed by atoms with E-state index >= 15 is 0 Å². The maximum atomic E-state index is 2.38. The van der Waals surface area contributed by atoms with Crippen LogP contribution in [0.4, 0.5) is 0 Å². The van der Waals surface area contributed by atoms with Gasteiger partial charge in [-0.3, -0.25) is 0 Å². The monoisotopic (exact) mass is 733 g/mol. The molecule has 0 spiro atoms. The fourth-order valence-electron chi connectivity index (χ4n) is 8.48. The first-order valence-electron chi connectivity index (χ1n) is 24.3. The Balaban J connectivity index is 0. The summed E-state index contributed by atoms with van der Waals surface area (Å²) in [4.78, 5) is 0. The topological polar surface area (TPSA) is 0 Å². The summed E-state index contributed by atoms with van der Waals surface area (Å²) in [6.07, 6.45) is 44.8. The first-order valence-corrected chi connectivity index (χ1v) is 29.2. The Labute approximate surface area is 330 Å². The second-order valence-electron chi connectivity index (χ2n) is 18.5. The van der Waals surface area contributed by atoms with Gasteiger partial charge in [0.2, 0.25) is 0 Å². The van der Waals surface area contributed by atoms with E-state index in [1.807, 2.05) is 0 Å². The molecule has 0 aliphatic heterocycles. The Morgan fingerprint density at radius 3 is 0.600 bits per heavy atom. The molecule has 0 aromatic carbocycles. The number of unbranched alkanes of at least 4 members (excludes halogenated alkanes) is 27. The lowest BCUT2D eigenvalue weighted by Gasteiger charge is -2.17. The van der Waals surface area contributed by atoms with Crippen LogP contribution in [0.5, 0.6) is 0 Å². The maximum Gasteiger partial charge on any atom is 0.262 e. The summed E-state index contributed by atoms with van der Waals surface area (Å²) >= 11 is -0.875. The van der Waals surface area contributed by atoms with E-state index < -0.39 is 28.3 Å². The molecular weight excluding hydrogens is 630 g/mol. The van der Waals surface area contributed by atoms with Crippen molar-refractivity contribution in [3.63, 3.8) is 0 Å². The zero-order valence-electron chi connectivity index (χ0n) is 37.3. The van der Waals surface area contributed by atoms with Gasteiger partial charge in [-0.05, 0) is 0 Å². The molecule has 2 heteroatoms. The third-order valence-electron chi connectivity index (χ3n) is 11.3. The van der Waals surface area contributed by atoms with Gasteiger partial charge in [-0.1, -0.05) is 304 Å². The fourth-order valence-corrected chi connectivity index (χ4v) is 16.5. The van der Waals surface area contributed by atoms with Crippen molar-refractivity contribution >= 4 is 28.3 Å². The Morgan fingerprint density at radius 2 is 0.420 bits per heavy atom. The van der Waals surface area contributed by atoms with E-state index in [1.165, 1.54) is 173 Å². The zero-order chi connectivity index (χ0) is 37.3. The van der Waals surface area contributed by atoms with E-state index in [0.29, 0.717) is 0 Å². The van der Waals surface area contributed by atoms with E-state index in [-0.39, 0.29) is 0 Å². The summed E-state index contributed by atoms with van der Waals surface area (Å²) in [5, 5.41) is 9.67. The molecule has 0 amide bonds. The van der Waals surface area contributed by atoms with Crippen molar-refractivity contribution in [3.05, 3.63) is 0 Å². The van der Waals surface area contributed by atoms with Crippen molar-refractivity contribution in [2.45, 2.75) is 287 Å². The van der Waals surface area contributed by atoms with Crippen LogP contribution in [0.25, 0.3) is 0 Å². The van der Waals surface area contributed by atoms with Crippen LogP contribution in [0.15, 0.2) is 0 Å². The molecule has 0 rings (SSSR count). The molecule has 0 heterocycles. The third-order valence-corrected chi connectivity index (χ3v) is 19.8. The largest absolute Gasteiger partial charge is 0.262 e. The van der Waals surface area contributed by atoms with E-state index in [1.54, 1.807) is 51.0 Å². The van der Waals surface area contributed by atoms with Crippen LogP contribution >= 0.6 is 0 Å². The van der Waals surface area contributed by atoms with Gasteiger partial charge in [-0.2, -0.15) is 0 Å². The van der Waals surface area contributed by atoms with Crippen LogP contribution in [0.2, 0.25) is 31.7 Å². The van der Waals surface area contributed by atoms with Crippen LogP contribution in [0.1, 0.15) is 255 Å². The molecule has 0 aliphatic rings. The average Bonchev–Trinajstić information content (AvgIpc) is 3.06. The second kappa shape index (κ2) is 44.5. The molecule has 0 nitrogen and oxygen atoms in total. The van der Waals surface area contributed by atoms with E-state index in [9.17, 15) is 0 Å². The normalized spacial score (nSPS) is 11.5. The fraction of sp³-hybridized carbons (Fsp3) is 1.00. The average molecular weight is 733 g/mol. The molecule has 0 N–H and O–H groups in total. The molecular formula is C48H102Al2. The van der Waals surface area contributed by atoms with Crippen LogP contribution in [-0.4, -0.2) is 28.3 Å². The summed E-state index contributed by atoms with van der Waals surface area (Å²) in [6, 6.07) is 0. The van der Waals surface area contributed by atoms with Gasteiger partial charge in [-0.25, -0.2) is 0 Å². The lowest BCUT2D eigenvalue weighted by Crippen LogP contribution is -2.19. The van der Waals surface area contributed by atoms with Crippen molar-refractivity contribution in [2.24, 2.45) is 17.8 Å². The van der Waals surface area contributed by atoms with Crippen LogP contribution in [0, 0.1) is 17.8 Å². The molecule has 0 bridgehead atoms. The Morgan fingerprint density at radius 1 is 0.240 bits per heavy atom. The molecule has 0 aromatic heterocycles. The first kappa shape index (κ1) is 53.2. The van der Waals surface area contributed by atoms with Gasteiger partial charge in [0.25, 0.3) is 28.3 Å². The van der Waals surface area contributed by atoms with Gasteiger partial charge in [-0.15, -0.1) is 0 Å². The predicted molar refractivity (Wildman–Crippen MR) is 240 cm³/mol. The third kappa shape index (κ3) is 47.1. The Hall–Kier alpha value is 1.06. The first-order chi connectivity index (χ1) is 24.3. The summed E-state index contributed by atoms with van der Waals surface area (Å²) in [6.45, 7) is 21.2. The van der Waals surface area contributed by atoms with E-state index in [2.05, 4.69) is 62.3 Å².